The second-order valence-corrected chi connectivity index (χ2v) is 12.5. The van der Waals surface area contributed by atoms with Crippen LogP contribution in [0.1, 0.15) is 54.9 Å². The van der Waals surface area contributed by atoms with E-state index in [2.05, 4.69) is 57.2 Å². The first-order valence-electron chi connectivity index (χ1n) is 12.4. The molecule has 7 rings (SSSR count). The number of fused-ring (bicyclic) bond motifs is 2. The molecule has 37 heavy (non-hydrogen) atoms. The molecule has 6 heteroatoms. The Morgan fingerprint density at radius 3 is 1.73 bits per heavy atom. The normalized spacial score (nSPS) is 22.4. The van der Waals surface area contributed by atoms with Gasteiger partial charge in [0.05, 0.1) is 10.8 Å². The lowest BCUT2D eigenvalue weighted by Crippen LogP contribution is -2.49. The molecule has 0 radical (unpaired) electrons. The summed E-state index contributed by atoms with van der Waals surface area (Å²) in [7, 11) is -4.69. The van der Waals surface area contributed by atoms with Crippen LogP contribution < -0.4 is 4.74 Å². The third-order valence-electron chi connectivity index (χ3n) is 8.03. The van der Waals surface area contributed by atoms with Crippen LogP contribution in [-0.2, 0) is 14.9 Å². The molecule has 0 aromatic heterocycles. The summed E-state index contributed by atoms with van der Waals surface area (Å²) >= 11 is 0. The van der Waals surface area contributed by atoms with Gasteiger partial charge in [-0.15, -0.1) is 0 Å². The van der Waals surface area contributed by atoms with Crippen molar-refractivity contribution in [2.24, 2.45) is 17.3 Å². The van der Waals surface area contributed by atoms with Gasteiger partial charge in [0.1, 0.15) is 15.9 Å². The molecule has 3 aliphatic carbocycles. The summed E-state index contributed by atoms with van der Waals surface area (Å²) in [6.45, 7) is 6.52. The number of rotatable bonds is 3. The number of esters is 1. The second-order valence-electron chi connectivity index (χ2n) is 11.1. The molecule has 5 nitrogen and oxygen atoms in total. The van der Waals surface area contributed by atoms with Crippen molar-refractivity contribution in [2.75, 3.05) is 0 Å². The molecule has 0 spiro atoms. The molecule has 2 bridgehead atoms. The van der Waals surface area contributed by atoms with E-state index in [1.165, 1.54) is 23.3 Å². The Hall–Kier alpha value is -3.48. The zero-order valence-corrected chi connectivity index (χ0v) is 21.7. The van der Waals surface area contributed by atoms with Crippen LogP contribution in [0, 0.1) is 17.3 Å². The van der Waals surface area contributed by atoms with Crippen LogP contribution in [0.5, 0.6) is 5.75 Å². The molecule has 0 saturated carbocycles. The first kappa shape index (κ1) is 23.9. The summed E-state index contributed by atoms with van der Waals surface area (Å²) in [5.74, 6) is -0.634. The molecule has 0 amide bonds. The van der Waals surface area contributed by atoms with Crippen molar-refractivity contribution in [3.05, 3.63) is 107 Å². The van der Waals surface area contributed by atoms with Gasteiger partial charge in [-0.2, -0.15) is 0 Å². The van der Waals surface area contributed by atoms with E-state index in [0.29, 0.717) is 5.39 Å². The van der Waals surface area contributed by atoms with Crippen LogP contribution in [0.4, 0.5) is 0 Å². The number of benzene rings is 4. The predicted molar refractivity (Wildman–Crippen MR) is 141 cm³/mol. The second kappa shape index (κ2) is 8.27. The highest BCUT2D eigenvalue weighted by atomic mass is 32.2. The SMILES string of the molecule is CC(C)(C)C1C2c3ccccc3C(c3ccccc32)C1C(=O)Oc1ccc(S(=O)(=O)[O-])c2ccccc12. The predicted octanol–water partition coefficient (Wildman–Crippen LogP) is 6.22. The lowest BCUT2D eigenvalue weighted by molar-refractivity contribution is -0.144. The third-order valence-corrected chi connectivity index (χ3v) is 8.93. The van der Waals surface area contributed by atoms with Crippen molar-refractivity contribution in [3.8, 4) is 5.75 Å². The monoisotopic (exact) mass is 511 g/mol. The Bertz CT molecular complexity index is 1620. The fourth-order valence-electron chi connectivity index (χ4n) is 6.73. The smallest absolute Gasteiger partial charge is 0.315 e. The first-order chi connectivity index (χ1) is 17.6. The van der Waals surface area contributed by atoms with Crippen molar-refractivity contribution < 1.29 is 22.5 Å². The van der Waals surface area contributed by atoms with Crippen LogP contribution in [0.3, 0.4) is 0 Å². The van der Waals surface area contributed by atoms with Gasteiger partial charge in [0.2, 0.25) is 0 Å². The Morgan fingerprint density at radius 1 is 0.730 bits per heavy atom. The topological polar surface area (TPSA) is 83.5 Å². The van der Waals surface area contributed by atoms with Gasteiger partial charge in [0, 0.05) is 22.6 Å². The van der Waals surface area contributed by atoms with E-state index in [9.17, 15) is 17.8 Å². The van der Waals surface area contributed by atoms with E-state index >= 15 is 0 Å². The molecular weight excluding hydrogens is 484 g/mol. The summed E-state index contributed by atoms with van der Waals surface area (Å²) in [4.78, 5) is 13.8. The Balaban J connectivity index is 1.50. The number of hydrogen-bond acceptors (Lipinski definition) is 5. The van der Waals surface area contributed by atoms with Crippen molar-refractivity contribution >= 4 is 26.9 Å². The highest BCUT2D eigenvalue weighted by Crippen LogP contribution is 2.62. The van der Waals surface area contributed by atoms with Gasteiger partial charge in [-0.1, -0.05) is 93.6 Å². The molecule has 0 heterocycles. The minimum absolute atomic E-state index is 0.0117. The largest absolute Gasteiger partial charge is 0.744 e. The van der Waals surface area contributed by atoms with Gasteiger partial charge in [-0.25, -0.2) is 8.42 Å². The van der Waals surface area contributed by atoms with Gasteiger partial charge >= 0.3 is 5.97 Å². The van der Waals surface area contributed by atoms with E-state index in [4.69, 9.17) is 4.74 Å². The zero-order chi connectivity index (χ0) is 26.1. The molecule has 4 aromatic carbocycles. The molecule has 0 fully saturated rings. The molecule has 4 aromatic rings. The maximum atomic E-state index is 14.2. The molecule has 2 unspecified atom stereocenters. The van der Waals surface area contributed by atoms with Crippen LogP contribution in [0.2, 0.25) is 0 Å². The highest BCUT2D eigenvalue weighted by Gasteiger charge is 2.56. The maximum Gasteiger partial charge on any atom is 0.315 e. The Morgan fingerprint density at radius 2 is 1.22 bits per heavy atom. The zero-order valence-electron chi connectivity index (χ0n) is 20.8. The average Bonchev–Trinajstić information content (AvgIpc) is 2.87. The van der Waals surface area contributed by atoms with Crippen LogP contribution in [-0.4, -0.2) is 18.9 Å². The van der Waals surface area contributed by atoms with E-state index in [1.807, 2.05) is 12.1 Å². The standard InChI is InChI=1S/C31H28O5S/c1-31(2,3)29-27-22-14-8-6-12-20(22)26(21-13-7-9-15-23(21)27)28(29)30(32)36-24-16-17-25(37(33,34)35)19-11-5-4-10-18(19)24/h4-17,26-29H,1-3H3,(H,33,34,35)/p-1. The number of carbonyl (C=O) groups excluding carboxylic acids is 1. The lowest BCUT2D eigenvalue weighted by atomic mass is 9.49. The Kier molecular flexibility index (Phi) is 5.34. The van der Waals surface area contributed by atoms with E-state index in [0.717, 1.165) is 11.1 Å². The number of ether oxygens (including phenoxy) is 1. The van der Waals surface area contributed by atoms with Crippen molar-refractivity contribution in [3.63, 3.8) is 0 Å². The molecule has 0 saturated heterocycles. The average molecular weight is 512 g/mol. The van der Waals surface area contributed by atoms with Crippen LogP contribution >= 0.6 is 0 Å². The van der Waals surface area contributed by atoms with E-state index < -0.39 is 16.0 Å². The van der Waals surface area contributed by atoms with Crippen molar-refractivity contribution in [2.45, 2.75) is 37.5 Å². The molecule has 0 aliphatic heterocycles. The van der Waals surface area contributed by atoms with Gasteiger partial charge in [0.25, 0.3) is 0 Å². The summed E-state index contributed by atoms with van der Waals surface area (Å²) in [6, 6.07) is 26.0. The molecule has 2 atom stereocenters. The minimum atomic E-state index is -4.69. The van der Waals surface area contributed by atoms with Crippen molar-refractivity contribution in [1.82, 2.24) is 0 Å². The van der Waals surface area contributed by atoms with Crippen molar-refractivity contribution in [1.29, 1.82) is 0 Å². The number of hydrogen-bond donors (Lipinski definition) is 0. The first-order valence-corrected chi connectivity index (χ1v) is 13.8. The fraction of sp³-hybridized carbons (Fsp3) is 0.258. The molecule has 0 N–H and O–H groups in total. The summed E-state index contributed by atoms with van der Waals surface area (Å²) in [6.07, 6.45) is 0. The lowest BCUT2D eigenvalue weighted by Gasteiger charge is -2.54. The fourth-order valence-corrected chi connectivity index (χ4v) is 7.41. The summed E-state index contributed by atoms with van der Waals surface area (Å²) < 4.78 is 41.6. The Labute approximate surface area is 216 Å². The minimum Gasteiger partial charge on any atom is -0.744 e. The summed E-state index contributed by atoms with van der Waals surface area (Å²) in [5, 5.41) is 0.665. The van der Waals surface area contributed by atoms with Gasteiger partial charge in [-0.3, -0.25) is 4.79 Å². The van der Waals surface area contributed by atoms with Crippen LogP contribution in [0.15, 0.2) is 89.8 Å². The quantitative estimate of drug-likeness (QED) is 0.185. The van der Waals surface area contributed by atoms with E-state index in [1.54, 1.807) is 24.3 Å². The van der Waals surface area contributed by atoms with Gasteiger partial charge < -0.3 is 9.29 Å². The maximum absolute atomic E-state index is 14.2. The molecule has 3 aliphatic rings. The summed E-state index contributed by atoms with van der Waals surface area (Å²) in [5.41, 5.74) is 4.66. The highest BCUT2D eigenvalue weighted by molar-refractivity contribution is 7.86. The van der Waals surface area contributed by atoms with Gasteiger partial charge in [-0.05, 0) is 45.7 Å². The molecule has 188 valence electrons. The molecular formula is C31H27O5S-. The van der Waals surface area contributed by atoms with Crippen LogP contribution in [0.25, 0.3) is 10.8 Å². The third kappa shape index (κ3) is 3.70. The van der Waals surface area contributed by atoms with E-state index in [-0.39, 0.29) is 45.2 Å². The number of carbonyl (C=O) groups is 1. The van der Waals surface area contributed by atoms with Gasteiger partial charge in [0.15, 0.2) is 0 Å².